The number of alkyl halides is 1. The van der Waals surface area contributed by atoms with Crippen molar-refractivity contribution in [2.45, 2.75) is 151 Å². The normalized spacial score (nSPS) is 28.3. The minimum Gasteiger partial charge on any atom is -0.361 e. The van der Waals surface area contributed by atoms with Gasteiger partial charge in [0, 0.05) is 74.3 Å². The molecule has 0 bridgehead atoms. The number of rotatable bonds is 12. The summed E-state index contributed by atoms with van der Waals surface area (Å²) in [5, 5.41) is 55.1. The van der Waals surface area contributed by atoms with E-state index in [-0.39, 0.29) is 0 Å². The Bertz CT molecular complexity index is 7570. The van der Waals surface area contributed by atoms with Gasteiger partial charge < -0.3 is 4.74 Å². The van der Waals surface area contributed by atoms with Crippen LogP contribution in [-0.2, 0) is 70.6 Å². The van der Waals surface area contributed by atoms with Crippen LogP contribution in [0.3, 0.4) is 0 Å². The molecule has 10 heteroatoms. The van der Waals surface area contributed by atoms with Crippen molar-refractivity contribution >= 4 is 231 Å². The molecular weight excluding hydrogens is 1200 g/mol. The topological polar surface area (TPSA) is 83.1 Å². The van der Waals surface area contributed by atoms with Crippen LogP contribution in [0.25, 0.3) is 215 Å². The van der Waals surface area contributed by atoms with Crippen molar-refractivity contribution in [2.24, 2.45) is 0 Å². The molecule has 0 spiro atoms. The van der Waals surface area contributed by atoms with E-state index in [1.165, 1.54) is 232 Å². The number of benzene rings is 15. The van der Waals surface area contributed by atoms with Crippen LogP contribution in [-0.4, -0.2) is 34.6 Å². The molecule has 21 aromatic carbocycles. The summed E-state index contributed by atoms with van der Waals surface area (Å²) in [5.74, 6) is 3.04. The van der Waals surface area contributed by atoms with E-state index in [0.717, 1.165) is 61.2 Å². The first-order chi connectivity index (χ1) is 43.6. The fraction of sp³-hybridized carbons (Fsp3) is 0.309. The molecule has 0 radical (unpaired) electrons. The van der Waals surface area contributed by atoms with E-state index in [1.807, 2.05) is 0 Å². The maximum Gasteiger partial charge on any atom is 0.196 e. The molecule has 428 valence electrons. The van der Waals surface area contributed by atoms with Gasteiger partial charge in [-0.1, -0.05) is 15.9 Å². The average molecular weight is 1240 g/mol. The van der Waals surface area contributed by atoms with Crippen molar-refractivity contribution in [1.29, 1.82) is 0 Å². The third kappa shape index (κ3) is 2.98. The van der Waals surface area contributed by atoms with Crippen LogP contribution < -0.4 is 0 Å². The summed E-state index contributed by atoms with van der Waals surface area (Å²) in [6.45, 7) is 25.7. The molecule has 0 N–H and O–H groups in total. The lowest BCUT2D eigenvalue weighted by Crippen LogP contribution is -2.70. The lowest BCUT2D eigenvalue weighted by atomic mass is 9.49. The van der Waals surface area contributed by atoms with Gasteiger partial charge in [0.25, 0.3) is 0 Å². The third-order valence-electron chi connectivity index (χ3n) is 26.8. The van der Waals surface area contributed by atoms with E-state index in [0.29, 0.717) is 19.4 Å². The highest BCUT2D eigenvalue weighted by atomic mass is 79.9. The molecule has 11 aliphatic carbocycles. The Morgan fingerprint density at radius 3 is 0.912 bits per heavy atom. The number of terminal acetylenes is 1. The molecule has 0 aromatic heterocycles. The number of hydrogen-bond donors (Lipinski definition) is 0. The largest absolute Gasteiger partial charge is 0.361 e. The van der Waals surface area contributed by atoms with Crippen molar-refractivity contribution in [1.82, 2.24) is 0 Å². The Kier molecular flexibility index (Phi) is 5.17. The van der Waals surface area contributed by atoms with E-state index in [9.17, 15) is 0 Å². The first-order valence-corrected chi connectivity index (χ1v) is 33.9. The Labute approximate surface area is 519 Å². The van der Waals surface area contributed by atoms with Gasteiger partial charge in [-0.25, -0.2) is 39.1 Å². The van der Waals surface area contributed by atoms with E-state index in [1.54, 1.807) is 0 Å². The maximum atomic E-state index is 8.70. The van der Waals surface area contributed by atoms with Crippen LogP contribution in [0.4, 0.5) is 0 Å². The summed E-state index contributed by atoms with van der Waals surface area (Å²) >= 11 is 5.24. The lowest BCUT2D eigenvalue weighted by molar-refractivity contribution is -0.479. The fourth-order valence-corrected chi connectivity index (χ4v) is 27.4. The van der Waals surface area contributed by atoms with Gasteiger partial charge in [-0.2, -0.15) is 0 Å². The first-order valence-electron chi connectivity index (χ1n) is 33.1. The summed E-state index contributed by atoms with van der Waals surface area (Å²) in [5.41, 5.74) is 3.88. The summed E-state index contributed by atoms with van der Waals surface area (Å²) in [6, 6.07) is 0. The number of unbranched alkanes of at least 4 members (excludes halogenated alkanes) is 1. The zero-order valence-electron chi connectivity index (χ0n) is 51.3. The van der Waals surface area contributed by atoms with Crippen LogP contribution in [0.5, 0.6) is 0 Å². The Balaban J connectivity index is 1.05. The van der Waals surface area contributed by atoms with Crippen molar-refractivity contribution in [3.05, 3.63) is 77.9 Å². The molecule has 0 amide bonds. The highest BCUT2D eigenvalue weighted by Gasteiger charge is 2.90. The SMILES string of the molecule is C#CCCCO[C@@]12C3=C4C5=C6[C@@]7(OOC(C)(C)C)c8c9c%10c%11c(c%12c%13c%14c(c1c1c%15c2c2c%16c%17c(c7c7c8c8c%10c%10c%18c%11c%13c%11c%13c%14c1c1c%14c%15c%16c%15c%16c%17c7c7c8c%10c8c(c%11%18)c(c%131)c(c%14%15)c8c7%16)[C@]2(OOC(C)(C)C)[C@]63OOC(C)(C)C)[C@]4%12Br)[C@]59OOC(C)(C)C. The molecule has 0 fully saturated rings. The maximum absolute atomic E-state index is 8.70. The highest BCUT2D eigenvalue weighted by Crippen LogP contribution is 2.93. The number of ether oxygens (including phenoxy) is 1. The van der Waals surface area contributed by atoms with Gasteiger partial charge in [0.05, 0.1) is 22.4 Å². The van der Waals surface area contributed by atoms with Crippen molar-refractivity contribution in [2.75, 3.05) is 6.61 Å². The smallest absolute Gasteiger partial charge is 0.196 e. The second kappa shape index (κ2) is 10.6. The molecule has 0 saturated carbocycles. The third-order valence-corrected chi connectivity index (χ3v) is 28.0. The van der Waals surface area contributed by atoms with Crippen molar-refractivity contribution in [3.8, 4) is 12.3 Å². The van der Waals surface area contributed by atoms with Gasteiger partial charge in [0.15, 0.2) is 22.4 Å². The molecule has 21 aromatic rings. The molecule has 0 saturated heterocycles. The van der Waals surface area contributed by atoms with Gasteiger partial charge in [-0.15, -0.1) is 12.3 Å². The van der Waals surface area contributed by atoms with Crippen LogP contribution in [0.1, 0.15) is 152 Å². The predicted octanol–water partition coefficient (Wildman–Crippen LogP) is 19.6. The molecule has 6 atom stereocenters. The molecule has 0 unspecified atom stereocenters. The lowest BCUT2D eigenvalue weighted by Gasteiger charge is -2.62. The van der Waals surface area contributed by atoms with Crippen LogP contribution >= 0.6 is 15.9 Å². The van der Waals surface area contributed by atoms with E-state index < -0.39 is 54.7 Å². The van der Waals surface area contributed by atoms with Crippen molar-refractivity contribution < 1.29 is 43.8 Å². The molecule has 9 nitrogen and oxygen atoms in total. The highest BCUT2D eigenvalue weighted by molar-refractivity contribution is 9.10. The zero-order valence-corrected chi connectivity index (χ0v) is 52.8. The number of halogens is 1. The number of hydrogen-bond acceptors (Lipinski definition) is 9. The van der Waals surface area contributed by atoms with Crippen LogP contribution in [0.15, 0.2) is 22.3 Å². The standard InChI is InChI=1S/C81H43BrO9/c1-14-15-16-17-83-78-61-51-41-31-24-19-18-20-22-21(19)26-34(31)44-46-36(26)37-27(22)35-33-25(20)32-30-23(18)28-29(24)39(41)49-48-38(28)40(30)50-52-42(32)43(33)53-55-45(35)47(37)57-56(46)66(64(78)54(44)51)80(90-86-74(8,9)10)67(57)65(55)79(89-85-73(5,6)7)63(53)62(52)77(88-84-72(2,3)4)60(50)58(48)76(82,59(49)61)68-69(77)71(79)81(80,70(68)78)91-87-75(11,12)13/h1H,15-17H2,2-13H3/t76-,77+,78-,79+,80-,81+/m0/s1. The van der Waals surface area contributed by atoms with Gasteiger partial charge >= 0.3 is 0 Å². The molecular formula is C81H43BrO9. The molecule has 0 heterocycles. The molecule has 11 aliphatic rings. The van der Waals surface area contributed by atoms with Crippen molar-refractivity contribution in [3.63, 3.8) is 0 Å². The molecule has 91 heavy (non-hydrogen) atoms. The van der Waals surface area contributed by atoms with E-state index in [2.05, 4.69) is 89.0 Å². The Morgan fingerprint density at radius 2 is 0.549 bits per heavy atom. The quantitative estimate of drug-likeness (QED) is 0.0297. The predicted molar refractivity (Wildman–Crippen MR) is 359 cm³/mol. The van der Waals surface area contributed by atoms with Gasteiger partial charge in [-0.3, -0.25) is 0 Å². The van der Waals surface area contributed by atoms with Gasteiger partial charge in [0.1, 0.15) is 9.93 Å². The van der Waals surface area contributed by atoms with Crippen LogP contribution in [0, 0.1) is 12.3 Å². The minimum atomic E-state index is -1.83. The molecule has 32 rings (SSSR count). The summed E-state index contributed by atoms with van der Waals surface area (Å²) in [4.78, 5) is 63.7. The average Bonchev–Trinajstić information content (AvgIpc) is 1.37. The monoisotopic (exact) mass is 1240 g/mol. The Morgan fingerprint density at radius 1 is 0.297 bits per heavy atom. The van der Waals surface area contributed by atoms with Gasteiger partial charge in [0.2, 0.25) is 0 Å². The van der Waals surface area contributed by atoms with Crippen LogP contribution in [0.2, 0.25) is 0 Å². The van der Waals surface area contributed by atoms with Gasteiger partial charge in [-0.05, 0) is 322 Å². The molecule has 0 aliphatic heterocycles. The summed E-state index contributed by atoms with van der Waals surface area (Å²) in [6.07, 6.45) is 7.51. The first kappa shape index (κ1) is 44.2. The Hall–Kier alpha value is -7.34. The fourth-order valence-electron chi connectivity index (χ4n) is 26.3. The minimum absolute atomic E-state index is 0.362. The van der Waals surface area contributed by atoms with E-state index >= 15 is 0 Å². The second-order valence-electron chi connectivity index (χ2n) is 34.6. The summed E-state index contributed by atoms with van der Waals surface area (Å²) in [7, 11) is 0. The summed E-state index contributed by atoms with van der Waals surface area (Å²) < 4.78 is 7.65. The van der Waals surface area contributed by atoms with E-state index in [4.69, 9.17) is 66.2 Å². The zero-order chi connectivity index (χ0) is 59.4. The second-order valence-corrected chi connectivity index (χ2v) is 35.8.